The number of carbonyl (C=O) groups excluding carboxylic acids is 1. The maximum Gasteiger partial charge on any atom is 0.302 e. The first-order valence-corrected chi connectivity index (χ1v) is 5.11. The van der Waals surface area contributed by atoms with Crippen molar-refractivity contribution < 1.29 is 9.53 Å². The van der Waals surface area contributed by atoms with Crippen molar-refractivity contribution in [2.24, 2.45) is 17.8 Å². The summed E-state index contributed by atoms with van der Waals surface area (Å²) in [5.74, 6) is 2.38. The summed E-state index contributed by atoms with van der Waals surface area (Å²) in [6.45, 7) is 4.43. The molecular formula is C10H17NO2. The number of ether oxygens (including phenoxy) is 1. The molecule has 74 valence electrons. The molecule has 2 atom stereocenters. The Labute approximate surface area is 78.8 Å². The Morgan fingerprint density at radius 1 is 1.46 bits per heavy atom. The van der Waals surface area contributed by atoms with Gasteiger partial charge >= 0.3 is 5.97 Å². The maximum absolute atomic E-state index is 10.5. The summed E-state index contributed by atoms with van der Waals surface area (Å²) in [6, 6.07) is 0. The van der Waals surface area contributed by atoms with Crippen molar-refractivity contribution in [2.75, 3.05) is 19.7 Å². The van der Waals surface area contributed by atoms with Gasteiger partial charge in [0.05, 0.1) is 6.61 Å². The molecule has 3 rings (SSSR count). The van der Waals surface area contributed by atoms with Crippen molar-refractivity contribution in [3.63, 3.8) is 0 Å². The lowest BCUT2D eigenvalue weighted by Crippen LogP contribution is -2.53. The van der Waals surface area contributed by atoms with Crippen molar-refractivity contribution in [3.8, 4) is 0 Å². The van der Waals surface area contributed by atoms with Gasteiger partial charge in [-0.1, -0.05) is 0 Å². The highest BCUT2D eigenvalue weighted by molar-refractivity contribution is 5.65. The lowest BCUT2D eigenvalue weighted by atomic mass is 9.61. The van der Waals surface area contributed by atoms with Crippen molar-refractivity contribution in [1.29, 1.82) is 0 Å². The first kappa shape index (κ1) is 9.00. The third-order valence-corrected chi connectivity index (χ3v) is 3.39. The molecule has 3 fully saturated rings. The zero-order valence-corrected chi connectivity index (χ0v) is 8.08. The summed E-state index contributed by atoms with van der Waals surface area (Å²) in [6.07, 6.45) is 2.45. The van der Waals surface area contributed by atoms with Crippen LogP contribution in [0.1, 0.15) is 19.8 Å². The van der Waals surface area contributed by atoms with Crippen molar-refractivity contribution in [3.05, 3.63) is 0 Å². The van der Waals surface area contributed by atoms with E-state index in [0.29, 0.717) is 6.61 Å². The second-order valence-electron chi connectivity index (χ2n) is 4.21. The molecule has 1 saturated carbocycles. The highest BCUT2D eigenvalue weighted by atomic mass is 16.5. The van der Waals surface area contributed by atoms with Gasteiger partial charge < -0.3 is 10.1 Å². The highest BCUT2D eigenvalue weighted by Crippen LogP contribution is 2.44. The van der Waals surface area contributed by atoms with Crippen LogP contribution >= 0.6 is 0 Å². The molecule has 13 heavy (non-hydrogen) atoms. The minimum Gasteiger partial charge on any atom is -0.466 e. The first-order valence-electron chi connectivity index (χ1n) is 5.11. The second-order valence-corrected chi connectivity index (χ2v) is 4.21. The molecule has 1 aliphatic carbocycles. The third kappa shape index (κ3) is 1.85. The molecule has 2 bridgehead atoms. The summed E-state index contributed by atoms with van der Waals surface area (Å²) in [5, 5.41) is 3.41. The van der Waals surface area contributed by atoms with E-state index in [9.17, 15) is 4.79 Å². The minimum absolute atomic E-state index is 0.150. The molecular weight excluding hydrogens is 166 g/mol. The van der Waals surface area contributed by atoms with E-state index in [2.05, 4.69) is 5.32 Å². The zero-order valence-electron chi connectivity index (χ0n) is 8.08. The monoisotopic (exact) mass is 183 g/mol. The van der Waals surface area contributed by atoms with Gasteiger partial charge in [-0.05, 0) is 43.7 Å². The predicted molar refractivity (Wildman–Crippen MR) is 49.2 cm³/mol. The fourth-order valence-corrected chi connectivity index (χ4v) is 2.66. The van der Waals surface area contributed by atoms with Crippen LogP contribution in [0.3, 0.4) is 0 Å². The zero-order chi connectivity index (χ0) is 9.26. The van der Waals surface area contributed by atoms with E-state index in [0.717, 1.165) is 24.2 Å². The van der Waals surface area contributed by atoms with Crippen molar-refractivity contribution >= 4 is 5.97 Å². The number of fused-ring (bicyclic) bond motifs is 2. The van der Waals surface area contributed by atoms with Crippen LogP contribution in [0.5, 0.6) is 0 Å². The molecule has 1 N–H and O–H groups in total. The molecule has 0 aromatic heterocycles. The Morgan fingerprint density at radius 3 is 2.69 bits per heavy atom. The standard InChI is InChI=1S/C10H17NO2/c1-7(12)13-3-2-10-8-4-9(10)6-11-5-8/h8-11H,2-6H2,1H3. The SMILES string of the molecule is CC(=O)OCCC1C2CNCC1C2. The highest BCUT2D eigenvalue weighted by Gasteiger charge is 2.42. The summed E-state index contributed by atoms with van der Waals surface area (Å²) in [7, 11) is 0. The second kappa shape index (κ2) is 3.66. The van der Waals surface area contributed by atoms with Gasteiger partial charge in [-0.25, -0.2) is 0 Å². The summed E-state index contributed by atoms with van der Waals surface area (Å²) in [5.41, 5.74) is 0. The van der Waals surface area contributed by atoms with Crippen LogP contribution in [0.25, 0.3) is 0 Å². The van der Waals surface area contributed by atoms with Crippen LogP contribution in [0, 0.1) is 17.8 Å². The van der Waals surface area contributed by atoms with Gasteiger partial charge in [-0.15, -0.1) is 0 Å². The van der Waals surface area contributed by atoms with Gasteiger partial charge in [-0.3, -0.25) is 4.79 Å². The molecule has 2 heterocycles. The van der Waals surface area contributed by atoms with E-state index >= 15 is 0 Å². The molecule has 0 aromatic rings. The molecule has 0 radical (unpaired) electrons. The Morgan fingerprint density at radius 2 is 2.15 bits per heavy atom. The average molecular weight is 183 g/mol. The van der Waals surface area contributed by atoms with Crippen molar-refractivity contribution in [1.82, 2.24) is 5.32 Å². The number of hydrogen-bond acceptors (Lipinski definition) is 3. The summed E-state index contributed by atoms with van der Waals surface area (Å²) >= 11 is 0. The Bertz CT molecular complexity index is 191. The first-order chi connectivity index (χ1) is 6.27. The summed E-state index contributed by atoms with van der Waals surface area (Å²) < 4.78 is 4.95. The van der Waals surface area contributed by atoms with E-state index in [-0.39, 0.29) is 5.97 Å². The van der Waals surface area contributed by atoms with Crippen LogP contribution in [-0.2, 0) is 9.53 Å². The number of rotatable bonds is 3. The number of esters is 1. The largest absolute Gasteiger partial charge is 0.466 e. The Hall–Kier alpha value is -0.570. The van der Waals surface area contributed by atoms with Crippen LogP contribution < -0.4 is 5.32 Å². The van der Waals surface area contributed by atoms with E-state index in [1.807, 2.05) is 0 Å². The molecule has 0 spiro atoms. The molecule has 2 unspecified atom stereocenters. The minimum atomic E-state index is -0.150. The number of hydrogen-bond donors (Lipinski definition) is 1. The number of nitrogens with one attached hydrogen (secondary N) is 1. The fraction of sp³-hybridized carbons (Fsp3) is 0.900. The molecule has 3 aliphatic rings. The van der Waals surface area contributed by atoms with Gasteiger partial charge in [0.15, 0.2) is 0 Å². The predicted octanol–water partition coefficient (Wildman–Crippen LogP) is 0.795. The molecule has 0 amide bonds. The molecule has 3 heteroatoms. The number of piperidine rings is 2. The quantitative estimate of drug-likeness (QED) is 0.658. The fourth-order valence-electron chi connectivity index (χ4n) is 2.66. The summed E-state index contributed by atoms with van der Waals surface area (Å²) in [4.78, 5) is 10.5. The molecule has 2 aliphatic heterocycles. The average Bonchev–Trinajstić information content (AvgIpc) is 2.13. The van der Waals surface area contributed by atoms with E-state index in [1.165, 1.54) is 26.4 Å². The molecule has 3 nitrogen and oxygen atoms in total. The normalized spacial score (nSPS) is 36.5. The van der Waals surface area contributed by atoms with Crippen molar-refractivity contribution in [2.45, 2.75) is 19.8 Å². The van der Waals surface area contributed by atoms with E-state index < -0.39 is 0 Å². The van der Waals surface area contributed by atoms with E-state index in [1.54, 1.807) is 0 Å². The Kier molecular flexibility index (Phi) is 2.54. The van der Waals surface area contributed by atoms with Crippen LogP contribution in [0.15, 0.2) is 0 Å². The van der Waals surface area contributed by atoms with Gasteiger partial charge in [-0.2, -0.15) is 0 Å². The van der Waals surface area contributed by atoms with Crippen LogP contribution in [0.4, 0.5) is 0 Å². The third-order valence-electron chi connectivity index (χ3n) is 3.39. The topological polar surface area (TPSA) is 38.3 Å². The number of carbonyl (C=O) groups is 1. The van der Waals surface area contributed by atoms with Crippen LogP contribution in [0.2, 0.25) is 0 Å². The smallest absolute Gasteiger partial charge is 0.302 e. The Balaban J connectivity index is 1.68. The van der Waals surface area contributed by atoms with Gasteiger partial charge in [0.25, 0.3) is 0 Å². The lowest BCUT2D eigenvalue weighted by molar-refractivity contribution is -0.142. The molecule has 2 saturated heterocycles. The van der Waals surface area contributed by atoms with Crippen LogP contribution in [-0.4, -0.2) is 25.7 Å². The van der Waals surface area contributed by atoms with Gasteiger partial charge in [0.2, 0.25) is 0 Å². The van der Waals surface area contributed by atoms with Gasteiger partial charge in [0.1, 0.15) is 0 Å². The maximum atomic E-state index is 10.5. The molecule has 0 aromatic carbocycles. The lowest BCUT2D eigenvalue weighted by Gasteiger charge is -2.49. The van der Waals surface area contributed by atoms with Gasteiger partial charge in [0, 0.05) is 6.92 Å². The van der Waals surface area contributed by atoms with E-state index in [4.69, 9.17) is 4.74 Å².